The van der Waals surface area contributed by atoms with Crippen molar-refractivity contribution in [1.82, 2.24) is 0 Å². The predicted molar refractivity (Wildman–Crippen MR) is 117 cm³/mol. The molecular formula is C23H35NO3S. The molecule has 1 aliphatic carbocycles. The standard InChI is InChI=1S/C23H35NO3S/c1-4-18(5-2)15-23(13-9-6-10-14-23)22(27)24-19-11-7-8-12-20(19)28-16-17(3)21(25)26/h7-8,11-12,17-18H,4-6,9-10,13-16H2,1-3H3,(H,24,27)(H,25,26). The summed E-state index contributed by atoms with van der Waals surface area (Å²) in [6.07, 6.45) is 8.62. The first-order valence-corrected chi connectivity index (χ1v) is 11.7. The van der Waals surface area contributed by atoms with Crippen molar-refractivity contribution in [2.24, 2.45) is 17.3 Å². The van der Waals surface area contributed by atoms with Crippen LogP contribution in [0.2, 0.25) is 0 Å². The van der Waals surface area contributed by atoms with E-state index in [1.807, 2.05) is 24.3 Å². The highest BCUT2D eigenvalue weighted by Gasteiger charge is 2.40. The largest absolute Gasteiger partial charge is 0.481 e. The van der Waals surface area contributed by atoms with Gasteiger partial charge in [-0.15, -0.1) is 11.8 Å². The van der Waals surface area contributed by atoms with Crippen LogP contribution in [0.5, 0.6) is 0 Å². The Morgan fingerprint density at radius 3 is 2.39 bits per heavy atom. The summed E-state index contributed by atoms with van der Waals surface area (Å²) < 4.78 is 0. The molecule has 2 N–H and O–H groups in total. The Labute approximate surface area is 173 Å². The fraction of sp³-hybridized carbons (Fsp3) is 0.652. The molecule has 4 nitrogen and oxygen atoms in total. The Balaban J connectivity index is 2.15. The highest BCUT2D eigenvalue weighted by Crippen LogP contribution is 2.44. The molecule has 1 fully saturated rings. The summed E-state index contributed by atoms with van der Waals surface area (Å²) >= 11 is 1.50. The second-order valence-corrected chi connectivity index (χ2v) is 9.29. The molecule has 0 aliphatic heterocycles. The average molecular weight is 406 g/mol. The number of benzene rings is 1. The number of anilines is 1. The molecule has 0 heterocycles. The lowest BCUT2D eigenvalue weighted by Gasteiger charge is -2.38. The number of carboxylic acid groups (broad SMARTS) is 1. The number of nitrogens with one attached hydrogen (secondary N) is 1. The van der Waals surface area contributed by atoms with E-state index in [-0.39, 0.29) is 11.3 Å². The van der Waals surface area contributed by atoms with Crippen molar-refractivity contribution in [3.63, 3.8) is 0 Å². The SMILES string of the molecule is CCC(CC)CC1(C(=O)Nc2ccccc2SCC(C)C(=O)O)CCCCC1. The number of rotatable bonds is 10. The number of carboxylic acids is 1. The number of hydrogen-bond donors (Lipinski definition) is 2. The van der Waals surface area contributed by atoms with Gasteiger partial charge in [0.2, 0.25) is 5.91 Å². The maximum atomic E-state index is 13.4. The van der Waals surface area contributed by atoms with E-state index in [9.17, 15) is 9.59 Å². The molecule has 1 aliphatic rings. The quantitative estimate of drug-likeness (QED) is 0.454. The van der Waals surface area contributed by atoms with Crippen molar-refractivity contribution in [2.45, 2.75) is 77.0 Å². The number of hydrogen-bond acceptors (Lipinski definition) is 3. The van der Waals surface area contributed by atoms with Gasteiger partial charge in [0.1, 0.15) is 0 Å². The van der Waals surface area contributed by atoms with E-state index in [0.717, 1.165) is 55.5 Å². The molecular weight excluding hydrogens is 370 g/mol. The van der Waals surface area contributed by atoms with Gasteiger partial charge in [-0.2, -0.15) is 0 Å². The Morgan fingerprint density at radius 2 is 1.79 bits per heavy atom. The summed E-state index contributed by atoms with van der Waals surface area (Å²) in [4.78, 5) is 25.5. The summed E-state index contributed by atoms with van der Waals surface area (Å²) in [6.45, 7) is 6.15. The van der Waals surface area contributed by atoms with E-state index < -0.39 is 11.9 Å². The third-order valence-corrected chi connectivity index (χ3v) is 7.51. The van der Waals surface area contributed by atoms with Crippen molar-refractivity contribution >= 4 is 29.3 Å². The van der Waals surface area contributed by atoms with Crippen LogP contribution in [0.15, 0.2) is 29.2 Å². The van der Waals surface area contributed by atoms with Gasteiger partial charge < -0.3 is 10.4 Å². The summed E-state index contributed by atoms with van der Waals surface area (Å²) in [7, 11) is 0. The molecule has 1 aromatic rings. The Morgan fingerprint density at radius 1 is 1.14 bits per heavy atom. The minimum atomic E-state index is -0.791. The van der Waals surface area contributed by atoms with Gasteiger partial charge in [-0.3, -0.25) is 9.59 Å². The highest BCUT2D eigenvalue weighted by atomic mass is 32.2. The Bertz CT molecular complexity index is 651. The number of thioether (sulfide) groups is 1. The van der Waals surface area contributed by atoms with E-state index >= 15 is 0 Å². The van der Waals surface area contributed by atoms with Crippen molar-refractivity contribution in [1.29, 1.82) is 0 Å². The van der Waals surface area contributed by atoms with Crippen LogP contribution >= 0.6 is 11.8 Å². The van der Waals surface area contributed by atoms with Gasteiger partial charge in [-0.05, 0) is 37.3 Å². The Kier molecular flexibility index (Phi) is 8.87. The van der Waals surface area contributed by atoms with Crippen LogP contribution in [0.4, 0.5) is 5.69 Å². The summed E-state index contributed by atoms with van der Waals surface area (Å²) in [6, 6.07) is 7.75. The molecule has 1 aromatic carbocycles. The van der Waals surface area contributed by atoms with Crippen LogP contribution in [-0.2, 0) is 9.59 Å². The van der Waals surface area contributed by atoms with Crippen LogP contribution in [0.1, 0.15) is 72.1 Å². The van der Waals surface area contributed by atoms with E-state index in [2.05, 4.69) is 19.2 Å². The topological polar surface area (TPSA) is 66.4 Å². The van der Waals surface area contributed by atoms with Crippen LogP contribution in [0.25, 0.3) is 0 Å². The molecule has 0 bridgehead atoms. The maximum absolute atomic E-state index is 13.4. The molecule has 1 saturated carbocycles. The van der Waals surface area contributed by atoms with E-state index in [4.69, 9.17) is 5.11 Å². The molecule has 5 heteroatoms. The summed E-state index contributed by atoms with van der Waals surface area (Å²) in [5.74, 6) is 0.0122. The normalized spacial score (nSPS) is 17.3. The smallest absolute Gasteiger partial charge is 0.307 e. The number of amides is 1. The zero-order chi connectivity index (χ0) is 20.6. The summed E-state index contributed by atoms with van der Waals surface area (Å²) in [5.41, 5.74) is 0.547. The Hall–Kier alpha value is -1.49. The van der Waals surface area contributed by atoms with Crippen molar-refractivity contribution in [2.75, 3.05) is 11.1 Å². The number of aliphatic carboxylic acids is 1. The third-order valence-electron chi connectivity index (χ3n) is 6.17. The lowest BCUT2D eigenvalue weighted by atomic mass is 9.67. The van der Waals surface area contributed by atoms with Crippen LogP contribution < -0.4 is 5.32 Å². The molecule has 0 aromatic heterocycles. The van der Waals surface area contributed by atoms with Gasteiger partial charge in [-0.1, -0.05) is 65.0 Å². The first-order valence-electron chi connectivity index (χ1n) is 10.7. The van der Waals surface area contributed by atoms with Gasteiger partial charge >= 0.3 is 5.97 Å². The lowest BCUT2D eigenvalue weighted by Crippen LogP contribution is -2.39. The predicted octanol–water partition coefficient (Wildman–Crippen LogP) is 6.21. The second-order valence-electron chi connectivity index (χ2n) is 8.23. The maximum Gasteiger partial charge on any atom is 0.307 e. The molecule has 0 saturated heterocycles. The number of carbonyl (C=O) groups is 2. The zero-order valence-corrected chi connectivity index (χ0v) is 18.3. The fourth-order valence-corrected chi connectivity index (χ4v) is 5.14. The van der Waals surface area contributed by atoms with E-state index in [0.29, 0.717) is 11.7 Å². The molecule has 2 rings (SSSR count). The molecule has 1 unspecified atom stereocenters. The van der Waals surface area contributed by atoms with Crippen molar-refractivity contribution in [3.8, 4) is 0 Å². The monoisotopic (exact) mass is 405 g/mol. The zero-order valence-electron chi connectivity index (χ0n) is 17.5. The molecule has 0 spiro atoms. The number of para-hydroxylation sites is 1. The molecule has 1 amide bonds. The number of carbonyl (C=O) groups excluding carboxylic acids is 1. The second kappa shape index (κ2) is 10.9. The first kappa shape index (κ1) is 22.8. The molecule has 156 valence electrons. The average Bonchev–Trinajstić information content (AvgIpc) is 2.71. The van der Waals surface area contributed by atoms with Gasteiger partial charge in [0.05, 0.1) is 11.6 Å². The highest BCUT2D eigenvalue weighted by molar-refractivity contribution is 7.99. The lowest BCUT2D eigenvalue weighted by molar-refractivity contribution is -0.140. The van der Waals surface area contributed by atoms with Crippen LogP contribution in [-0.4, -0.2) is 22.7 Å². The summed E-state index contributed by atoms with van der Waals surface area (Å²) in [5, 5.41) is 12.3. The third kappa shape index (κ3) is 6.00. The fourth-order valence-electron chi connectivity index (χ4n) is 4.12. The molecule has 28 heavy (non-hydrogen) atoms. The van der Waals surface area contributed by atoms with Gasteiger partial charge in [-0.25, -0.2) is 0 Å². The van der Waals surface area contributed by atoms with Gasteiger partial charge in [0, 0.05) is 16.1 Å². The molecule has 0 radical (unpaired) electrons. The molecule has 1 atom stereocenters. The van der Waals surface area contributed by atoms with E-state index in [1.165, 1.54) is 18.2 Å². The van der Waals surface area contributed by atoms with Crippen LogP contribution in [0.3, 0.4) is 0 Å². The van der Waals surface area contributed by atoms with Crippen molar-refractivity contribution < 1.29 is 14.7 Å². The van der Waals surface area contributed by atoms with E-state index in [1.54, 1.807) is 6.92 Å². The minimum absolute atomic E-state index is 0.151. The van der Waals surface area contributed by atoms with Crippen molar-refractivity contribution in [3.05, 3.63) is 24.3 Å². The van der Waals surface area contributed by atoms with Gasteiger partial charge in [0.15, 0.2) is 0 Å². The van der Waals surface area contributed by atoms with Gasteiger partial charge in [0.25, 0.3) is 0 Å². The van der Waals surface area contributed by atoms with Crippen LogP contribution in [0, 0.1) is 17.3 Å². The minimum Gasteiger partial charge on any atom is -0.481 e. The first-order chi connectivity index (χ1) is 13.4.